The highest BCUT2D eigenvalue weighted by Crippen LogP contribution is 2.31. The van der Waals surface area contributed by atoms with Crippen molar-refractivity contribution in [3.63, 3.8) is 0 Å². The fraction of sp³-hybridized carbons (Fsp3) is 0.550. The SMILES string of the molecule is O=c1c(CN2CCN(c3cnccn3)CC2)ccc2n1C[C@@H]1CNC[C@H]2C1. The smallest absolute Gasteiger partial charge is 0.255 e. The minimum absolute atomic E-state index is 0.223. The number of pyridine rings is 1. The van der Waals surface area contributed by atoms with Crippen molar-refractivity contribution < 1.29 is 0 Å². The van der Waals surface area contributed by atoms with E-state index in [9.17, 15) is 4.79 Å². The van der Waals surface area contributed by atoms with Crippen molar-refractivity contribution in [2.75, 3.05) is 44.2 Å². The number of anilines is 1. The van der Waals surface area contributed by atoms with E-state index in [1.807, 2.05) is 6.20 Å². The van der Waals surface area contributed by atoms with Gasteiger partial charge in [-0.15, -0.1) is 0 Å². The molecule has 5 rings (SSSR count). The molecule has 2 aromatic heterocycles. The molecule has 2 saturated heterocycles. The molecule has 0 aliphatic carbocycles. The van der Waals surface area contributed by atoms with Crippen LogP contribution in [0.3, 0.4) is 0 Å². The summed E-state index contributed by atoms with van der Waals surface area (Å²) in [6.07, 6.45) is 6.47. The lowest BCUT2D eigenvalue weighted by Gasteiger charge is -2.38. The molecular weight excluding hydrogens is 340 g/mol. The summed E-state index contributed by atoms with van der Waals surface area (Å²) in [6.45, 7) is 7.35. The molecule has 2 aromatic rings. The fourth-order valence-corrected chi connectivity index (χ4v) is 4.79. The minimum Gasteiger partial charge on any atom is -0.353 e. The third kappa shape index (κ3) is 3.26. The van der Waals surface area contributed by atoms with E-state index >= 15 is 0 Å². The normalized spacial score (nSPS) is 25.3. The molecule has 27 heavy (non-hydrogen) atoms. The molecule has 0 radical (unpaired) electrons. The van der Waals surface area contributed by atoms with Gasteiger partial charge in [-0.2, -0.15) is 0 Å². The van der Waals surface area contributed by atoms with Crippen LogP contribution in [0.2, 0.25) is 0 Å². The van der Waals surface area contributed by atoms with Gasteiger partial charge in [0.15, 0.2) is 0 Å². The van der Waals surface area contributed by atoms with Crippen LogP contribution in [0.1, 0.15) is 23.6 Å². The first-order chi connectivity index (χ1) is 13.3. The molecule has 3 aliphatic heterocycles. The molecule has 0 aromatic carbocycles. The van der Waals surface area contributed by atoms with Crippen molar-refractivity contribution in [3.8, 4) is 0 Å². The van der Waals surface area contributed by atoms with E-state index in [2.05, 4.69) is 41.8 Å². The van der Waals surface area contributed by atoms with Crippen LogP contribution >= 0.6 is 0 Å². The second-order valence-corrected chi connectivity index (χ2v) is 7.98. The van der Waals surface area contributed by atoms with Crippen LogP contribution in [0, 0.1) is 5.92 Å². The van der Waals surface area contributed by atoms with Crippen LogP contribution in [0.15, 0.2) is 35.5 Å². The van der Waals surface area contributed by atoms with E-state index < -0.39 is 0 Å². The van der Waals surface area contributed by atoms with Crippen molar-refractivity contribution in [1.82, 2.24) is 24.8 Å². The lowest BCUT2D eigenvalue weighted by Crippen LogP contribution is -2.48. The number of nitrogens with zero attached hydrogens (tertiary/aromatic N) is 5. The standard InChI is InChI=1S/C20H26N6O/c27-20-16(1-2-18-17-9-15(10-22-11-17)13-26(18)20)14-24-5-7-25(8-6-24)19-12-21-3-4-23-19/h1-4,12,15,17,22H,5-11,13-14H2/t15-,17+/m0/s1. The zero-order chi connectivity index (χ0) is 18.2. The van der Waals surface area contributed by atoms with Gasteiger partial charge in [-0.05, 0) is 24.9 Å². The third-order valence-corrected chi connectivity index (χ3v) is 6.23. The summed E-state index contributed by atoms with van der Waals surface area (Å²) in [4.78, 5) is 26.3. The Morgan fingerprint density at radius 2 is 2.00 bits per heavy atom. The molecule has 1 N–H and O–H groups in total. The Labute approximate surface area is 159 Å². The lowest BCUT2D eigenvalue weighted by molar-refractivity contribution is 0.240. The Balaban J connectivity index is 1.28. The third-order valence-electron chi connectivity index (χ3n) is 6.23. The highest BCUT2D eigenvalue weighted by Gasteiger charge is 2.31. The maximum absolute atomic E-state index is 13.1. The molecule has 3 aliphatic rings. The number of nitrogens with one attached hydrogen (secondary N) is 1. The van der Waals surface area contributed by atoms with Crippen molar-refractivity contribution in [1.29, 1.82) is 0 Å². The Kier molecular flexibility index (Phi) is 4.41. The number of hydrogen-bond donors (Lipinski definition) is 1. The van der Waals surface area contributed by atoms with Crippen LogP contribution in [0.4, 0.5) is 5.82 Å². The van der Waals surface area contributed by atoms with Gasteiger partial charge in [-0.1, -0.05) is 6.07 Å². The largest absolute Gasteiger partial charge is 0.353 e. The van der Waals surface area contributed by atoms with Gasteiger partial charge in [0.05, 0.1) is 6.20 Å². The molecule has 2 atom stereocenters. The maximum Gasteiger partial charge on any atom is 0.255 e. The first kappa shape index (κ1) is 16.9. The molecule has 2 fully saturated rings. The van der Waals surface area contributed by atoms with E-state index in [4.69, 9.17) is 0 Å². The number of rotatable bonds is 3. The van der Waals surface area contributed by atoms with Gasteiger partial charge in [0.25, 0.3) is 5.56 Å². The number of fused-ring (bicyclic) bond motifs is 4. The summed E-state index contributed by atoms with van der Waals surface area (Å²) in [5, 5.41) is 3.51. The number of aromatic nitrogens is 3. The number of piperidine rings is 1. The zero-order valence-electron chi connectivity index (χ0n) is 15.5. The van der Waals surface area contributed by atoms with Crippen LogP contribution in [-0.4, -0.2) is 58.7 Å². The van der Waals surface area contributed by atoms with Gasteiger partial charge in [0.1, 0.15) is 5.82 Å². The highest BCUT2D eigenvalue weighted by molar-refractivity contribution is 5.35. The quantitative estimate of drug-likeness (QED) is 0.861. The van der Waals surface area contributed by atoms with Crippen molar-refractivity contribution in [2.24, 2.45) is 5.92 Å². The first-order valence-electron chi connectivity index (χ1n) is 9.94. The monoisotopic (exact) mass is 366 g/mol. The summed E-state index contributed by atoms with van der Waals surface area (Å²) >= 11 is 0. The topological polar surface area (TPSA) is 66.3 Å². The van der Waals surface area contributed by atoms with Gasteiger partial charge in [0, 0.05) is 75.4 Å². The highest BCUT2D eigenvalue weighted by atomic mass is 16.1. The zero-order valence-corrected chi connectivity index (χ0v) is 15.5. The number of hydrogen-bond acceptors (Lipinski definition) is 6. The predicted octanol–water partition coefficient (Wildman–Crippen LogP) is 0.667. The summed E-state index contributed by atoms with van der Waals surface area (Å²) < 4.78 is 2.06. The number of piperazine rings is 1. The van der Waals surface area contributed by atoms with Crippen molar-refractivity contribution in [3.05, 3.63) is 52.3 Å². The van der Waals surface area contributed by atoms with Crippen LogP contribution in [-0.2, 0) is 13.1 Å². The maximum atomic E-state index is 13.1. The average Bonchev–Trinajstić information content (AvgIpc) is 2.72. The Bertz CT molecular complexity index is 859. The predicted molar refractivity (Wildman–Crippen MR) is 104 cm³/mol. The summed E-state index contributed by atoms with van der Waals surface area (Å²) in [5.41, 5.74) is 2.37. The molecule has 2 bridgehead atoms. The lowest BCUT2D eigenvalue weighted by atomic mass is 9.84. The van der Waals surface area contributed by atoms with Gasteiger partial charge in [-0.3, -0.25) is 14.7 Å². The molecule has 0 amide bonds. The van der Waals surface area contributed by atoms with Crippen LogP contribution < -0.4 is 15.8 Å². The summed E-state index contributed by atoms with van der Waals surface area (Å²) in [7, 11) is 0. The molecule has 142 valence electrons. The van der Waals surface area contributed by atoms with E-state index in [0.29, 0.717) is 11.8 Å². The molecule has 0 unspecified atom stereocenters. The van der Waals surface area contributed by atoms with Crippen LogP contribution in [0.5, 0.6) is 0 Å². The fourth-order valence-electron chi connectivity index (χ4n) is 4.79. The molecule has 7 nitrogen and oxygen atoms in total. The van der Waals surface area contributed by atoms with Crippen molar-refractivity contribution in [2.45, 2.75) is 25.4 Å². The average molecular weight is 366 g/mol. The van der Waals surface area contributed by atoms with Crippen molar-refractivity contribution >= 4 is 5.82 Å². The molecule has 5 heterocycles. The van der Waals surface area contributed by atoms with E-state index in [1.54, 1.807) is 12.4 Å². The summed E-state index contributed by atoms with van der Waals surface area (Å²) in [5.74, 6) is 2.03. The molecule has 0 saturated carbocycles. The van der Waals surface area contributed by atoms with Crippen LogP contribution in [0.25, 0.3) is 0 Å². The van der Waals surface area contributed by atoms with E-state index in [-0.39, 0.29) is 5.56 Å². The molecular formula is C20H26N6O. The second kappa shape index (κ2) is 7.05. The van der Waals surface area contributed by atoms with Gasteiger partial charge in [-0.25, -0.2) is 4.98 Å². The minimum atomic E-state index is 0.223. The van der Waals surface area contributed by atoms with Gasteiger partial charge in [0.2, 0.25) is 0 Å². The second-order valence-electron chi connectivity index (χ2n) is 7.98. The molecule has 0 spiro atoms. The van der Waals surface area contributed by atoms with Gasteiger partial charge < -0.3 is 14.8 Å². The summed E-state index contributed by atoms with van der Waals surface area (Å²) in [6, 6.07) is 4.26. The first-order valence-corrected chi connectivity index (χ1v) is 9.94. The molecule has 7 heteroatoms. The Hall–Kier alpha value is -2.25. The Morgan fingerprint density at radius 3 is 2.81 bits per heavy atom. The van der Waals surface area contributed by atoms with E-state index in [0.717, 1.165) is 63.7 Å². The Morgan fingerprint density at radius 1 is 1.11 bits per heavy atom. The van der Waals surface area contributed by atoms with Gasteiger partial charge >= 0.3 is 0 Å². The van der Waals surface area contributed by atoms with E-state index in [1.165, 1.54) is 12.1 Å².